The van der Waals surface area contributed by atoms with Gasteiger partial charge >= 0.3 is 0 Å². The van der Waals surface area contributed by atoms with E-state index < -0.39 is 9.84 Å². The summed E-state index contributed by atoms with van der Waals surface area (Å²) in [6.07, 6.45) is 9.39. The molecular formula is C19H33N3O4S. The van der Waals surface area contributed by atoms with Gasteiger partial charge in [-0.3, -0.25) is 4.90 Å². The van der Waals surface area contributed by atoms with Crippen LogP contribution in [-0.2, 0) is 27.7 Å². The van der Waals surface area contributed by atoms with Crippen molar-refractivity contribution in [2.45, 2.75) is 80.9 Å². The van der Waals surface area contributed by atoms with Gasteiger partial charge in [-0.1, -0.05) is 25.7 Å². The highest BCUT2D eigenvalue weighted by atomic mass is 32.2. The lowest BCUT2D eigenvalue weighted by atomic mass is 10.2. The van der Waals surface area contributed by atoms with Crippen LogP contribution in [-0.4, -0.2) is 66.1 Å². The van der Waals surface area contributed by atoms with Gasteiger partial charge in [0.15, 0.2) is 0 Å². The summed E-state index contributed by atoms with van der Waals surface area (Å²) in [4.78, 5) is 6.59. The molecule has 1 saturated heterocycles. The van der Waals surface area contributed by atoms with Crippen LogP contribution in [0, 0.1) is 0 Å². The Morgan fingerprint density at radius 3 is 2.59 bits per heavy atom. The van der Waals surface area contributed by atoms with Gasteiger partial charge in [-0.15, -0.1) is 0 Å². The number of hydrogen-bond acceptors (Lipinski definition) is 6. The fourth-order valence-electron chi connectivity index (χ4n) is 4.39. The number of methoxy groups -OCH3 is 1. The number of imidazole rings is 1. The van der Waals surface area contributed by atoms with Crippen LogP contribution < -0.4 is 0 Å². The van der Waals surface area contributed by atoms with Crippen molar-refractivity contribution in [3.8, 4) is 0 Å². The van der Waals surface area contributed by atoms with Crippen molar-refractivity contribution >= 4 is 9.84 Å². The molecule has 0 amide bonds. The minimum absolute atomic E-state index is 0.138. The Hall–Kier alpha value is -0.960. The zero-order valence-corrected chi connectivity index (χ0v) is 17.2. The number of sulfone groups is 1. The molecule has 0 bridgehead atoms. The van der Waals surface area contributed by atoms with Gasteiger partial charge in [-0.05, 0) is 32.2 Å². The molecule has 0 unspecified atom stereocenters. The third-order valence-electron chi connectivity index (χ3n) is 5.99. The first-order valence-corrected chi connectivity index (χ1v) is 11.7. The van der Waals surface area contributed by atoms with Gasteiger partial charge < -0.3 is 14.4 Å². The molecule has 1 aliphatic heterocycles. The lowest BCUT2D eigenvalue weighted by Crippen LogP contribution is -2.33. The van der Waals surface area contributed by atoms with Gasteiger partial charge in [-0.2, -0.15) is 0 Å². The van der Waals surface area contributed by atoms with E-state index in [1.807, 2.05) is 4.57 Å². The van der Waals surface area contributed by atoms with Gasteiger partial charge in [0.2, 0.25) is 15.0 Å². The van der Waals surface area contributed by atoms with E-state index in [1.165, 1.54) is 0 Å². The van der Waals surface area contributed by atoms with Crippen LogP contribution in [0.15, 0.2) is 11.4 Å². The summed E-state index contributed by atoms with van der Waals surface area (Å²) in [6.45, 7) is 2.59. The SMILES string of the molecule is COCCn1c(CN2CCC[C@H]2CO)cnc1S(=O)(=O)C1CCCCCC1. The van der Waals surface area contributed by atoms with E-state index in [9.17, 15) is 13.5 Å². The third kappa shape index (κ3) is 4.72. The smallest absolute Gasteiger partial charge is 0.228 e. The average molecular weight is 400 g/mol. The monoisotopic (exact) mass is 399 g/mol. The standard InChI is InChI=1S/C19H33N3O4S/c1-26-12-11-22-17(14-21-10-6-7-16(21)15-23)13-20-19(22)27(24,25)18-8-4-2-3-5-9-18/h13,16,18,23H,2-12,14-15H2,1H3/t16-/m0/s1. The predicted octanol–water partition coefficient (Wildman–Crippen LogP) is 1.98. The molecule has 154 valence electrons. The highest BCUT2D eigenvalue weighted by molar-refractivity contribution is 7.91. The number of rotatable bonds is 8. The topological polar surface area (TPSA) is 84.7 Å². The van der Waals surface area contributed by atoms with Crippen LogP contribution in [0.4, 0.5) is 0 Å². The average Bonchev–Trinajstić information content (AvgIpc) is 3.17. The Bertz CT molecular complexity index is 696. The van der Waals surface area contributed by atoms with Crippen molar-refractivity contribution in [2.24, 2.45) is 0 Å². The molecule has 1 saturated carbocycles. The van der Waals surface area contributed by atoms with E-state index in [1.54, 1.807) is 13.3 Å². The van der Waals surface area contributed by atoms with E-state index in [4.69, 9.17) is 4.74 Å². The molecule has 1 atom stereocenters. The van der Waals surface area contributed by atoms with Gasteiger partial charge in [0, 0.05) is 26.2 Å². The number of hydrogen-bond donors (Lipinski definition) is 1. The number of aromatic nitrogens is 2. The predicted molar refractivity (Wildman–Crippen MR) is 103 cm³/mol. The molecule has 1 N–H and O–H groups in total. The molecule has 1 aliphatic carbocycles. The molecular weight excluding hydrogens is 366 g/mol. The number of aliphatic hydroxyl groups excluding tert-OH is 1. The maximum Gasteiger partial charge on any atom is 0.228 e. The van der Waals surface area contributed by atoms with Crippen LogP contribution >= 0.6 is 0 Å². The van der Waals surface area contributed by atoms with Crippen LogP contribution in [0.5, 0.6) is 0 Å². The Labute approximate surface area is 162 Å². The molecule has 0 radical (unpaired) electrons. The fourth-order valence-corrected chi connectivity index (χ4v) is 6.35. The summed E-state index contributed by atoms with van der Waals surface area (Å²) >= 11 is 0. The first-order chi connectivity index (χ1) is 13.1. The van der Waals surface area contributed by atoms with Crippen molar-refractivity contribution in [3.63, 3.8) is 0 Å². The number of ether oxygens (including phenoxy) is 1. The van der Waals surface area contributed by atoms with Gasteiger partial charge in [0.05, 0.1) is 30.4 Å². The molecule has 2 aliphatic rings. The lowest BCUT2D eigenvalue weighted by Gasteiger charge is -2.23. The number of aliphatic hydroxyl groups is 1. The number of nitrogens with zero attached hydrogens (tertiary/aromatic N) is 3. The van der Waals surface area contributed by atoms with Crippen molar-refractivity contribution in [1.82, 2.24) is 14.5 Å². The molecule has 1 aromatic rings. The first kappa shape index (κ1) is 20.8. The Balaban J connectivity index is 1.87. The van der Waals surface area contributed by atoms with Gasteiger partial charge in [0.25, 0.3) is 0 Å². The van der Waals surface area contributed by atoms with Crippen LogP contribution in [0.1, 0.15) is 57.1 Å². The molecule has 3 rings (SSSR count). The third-order valence-corrected chi connectivity index (χ3v) is 8.17. The van der Waals surface area contributed by atoms with E-state index in [0.29, 0.717) is 19.7 Å². The van der Waals surface area contributed by atoms with Crippen LogP contribution in [0.3, 0.4) is 0 Å². The van der Waals surface area contributed by atoms with E-state index in [0.717, 1.165) is 63.6 Å². The Kier molecular flexibility index (Phi) is 7.30. The number of likely N-dealkylation sites (tertiary alicyclic amines) is 1. The fraction of sp³-hybridized carbons (Fsp3) is 0.842. The maximum atomic E-state index is 13.3. The van der Waals surface area contributed by atoms with Crippen molar-refractivity contribution in [1.29, 1.82) is 0 Å². The minimum Gasteiger partial charge on any atom is -0.395 e. The molecule has 27 heavy (non-hydrogen) atoms. The van der Waals surface area contributed by atoms with E-state index in [-0.39, 0.29) is 23.1 Å². The molecule has 1 aromatic heterocycles. The summed E-state index contributed by atoms with van der Waals surface area (Å²) in [5.74, 6) is 0. The minimum atomic E-state index is -3.45. The van der Waals surface area contributed by atoms with Crippen molar-refractivity contribution < 1.29 is 18.3 Å². The Morgan fingerprint density at radius 1 is 1.19 bits per heavy atom. The van der Waals surface area contributed by atoms with E-state index in [2.05, 4.69) is 9.88 Å². The molecule has 8 heteroatoms. The first-order valence-electron chi connectivity index (χ1n) is 10.2. The summed E-state index contributed by atoms with van der Waals surface area (Å²) in [6, 6.07) is 0.151. The Morgan fingerprint density at radius 2 is 1.93 bits per heavy atom. The zero-order valence-electron chi connectivity index (χ0n) is 16.3. The van der Waals surface area contributed by atoms with Crippen molar-refractivity contribution in [3.05, 3.63) is 11.9 Å². The lowest BCUT2D eigenvalue weighted by molar-refractivity contribution is 0.148. The summed E-state index contributed by atoms with van der Waals surface area (Å²) in [5, 5.41) is 9.45. The normalized spacial score (nSPS) is 23.0. The molecule has 0 spiro atoms. The molecule has 7 nitrogen and oxygen atoms in total. The van der Waals surface area contributed by atoms with Gasteiger partial charge in [-0.25, -0.2) is 13.4 Å². The molecule has 2 heterocycles. The van der Waals surface area contributed by atoms with E-state index >= 15 is 0 Å². The second-order valence-electron chi connectivity index (χ2n) is 7.78. The van der Waals surface area contributed by atoms with Gasteiger partial charge in [0.1, 0.15) is 0 Å². The highest BCUT2D eigenvalue weighted by Gasteiger charge is 2.33. The van der Waals surface area contributed by atoms with Crippen LogP contribution in [0.2, 0.25) is 0 Å². The largest absolute Gasteiger partial charge is 0.395 e. The summed E-state index contributed by atoms with van der Waals surface area (Å²) in [7, 11) is -1.83. The zero-order chi connectivity index (χ0) is 19.3. The second kappa shape index (κ2) is 9.49. The maximum absolute atomic E-state index is 13.3. The highest BCUT2D eigenvalue weighted by Crippen LogP contribution is 2.29. The van der Waals surface area contributed by atoms with Crippen molar-refractivity contribution in [2.75, 3.05) is 26.9 Å². The molecule has 0 aromatic carbocycles. The quantitative estimate of drug-likeness (QED) is 0.673. The second-order valence-corrected chi connectivity index (χ2v) is 9.91. The summed E-state index contributed by atoms with van der Waals surface area (Å²) < 4.78 is 33.7. The van der Waals surface area contributed by atoms with Crippen LogP contribution in [0.25, 0.3) is 0 Å². The summed E-state index contributed by atoms with van der Waals surface area (Å²) in [5.41, 5.74) is 0.889. The molecule has 2 fully saturated rings.